The van der Waals surface area contributed by atoms with Crippen molar-refractivity contribution in [3.05, 3.63) is 0 Å². The Morgan fingerprint density at radius 2 is 1.45 bits per heavy atom. The molecule has 2 aliphatic carbocycles. The average molecular weight is 280 g/mol. The lowest BCUT2D eigenvalue weighted by molar-refractivity contribution is -0.0453. The number of rotatable bonds is 0. The summed E-state index contributed by atoms with van der Waals surface area (Å²) < 4.78 is 5.63. The molecule has 0 aromatic heterocycles. The van der Waals surface area contributed by atoms with Crippen molar-refractivity contribution in [3.8, 4) is 0 Å². The first-order valence-electron chi connectivity index (χ1n) is 8.78. The minimum atomic E-state index is 0.568. The molecule has 20 heavy (non-hydrogen) atoms. The van der Waals surface area contributed by atoms with Crippen LogP contribution in [0.5, 0.6) is 0 Å². The number of likely N-dealkylation sites (tertiary alicyclic amines) is 1. The molecule has 0 N–H and O–H groups in total. The number of hydrogen-bond acceptors (Lipinski definition) is 3. The largest absolute Gasteiger partial charge is 0.375 e. The Bertz CT molecular complexity index is 279. The first-order chi connectivity index (χ1) is 9.75. The van der Waals surface area contributed by atoms with Gasteiger partial charge in [0.2, 0.25) is 0 Å². The summed E-state index contributed by atoms with van der Waals surface area (Å²) in [5, 5.41) is 0. The van der Waals surface area contributed by atoms with Gasteiger partial charge in [0.1, 0.15) is 0 Å². The lowest BCUT2D eigenvalue weighted by Crippen LogP contribution is -2.45. The van der Waals surface area contributed by atoms with Crippen LogP contribution >= 0.6 is 0 Å². The van der Waals surface area contributed by atoms with Crippen molar-refractivity contribution in [2.24, 2.45) is 5.92 Å². The fourth-order valence-electron chi connectivity index (χ4n) is 4.82. The van der Waals surface area contributed by atoms with Crippen LogP contribution in [-0.4, -0.2) is 61.8 Å². The molecular weight excluding hydrogens is 248 g/mol. The van der Waals surface area contributed by atoms with Crippen molar-refractivity contribution < 1.29 is 4.74 Å². The van der Waals surface area contributed by atoms with Crippen molar-refractivity contribution in [1.82, 2.24) is 9.80 Å². The van der Waals surface area contributed by atoms with E-state index in [1.165, 1.54) is 57.9 Å². The Kier molecular flexibility index (Phi) is 5.00. The number of fused-ring (bicyclic) bond motifs is 2. The predicted molar refractivity (Wildman–Crippen MR) is 83.0 cm³/mol. The second-order valence-electron chi connectivity index (χ2n) is 7.27. The molecule has 2 aliphatic heterocycles. The first kappa shape index (κ1) is 14.8. The maximum atomic E-state index is 5.63. The molecule has 3 nitrogen and oxygen atoms in total. The van der Waals surface area contributed by atoms with Crippen LogP contribution in [-0.2, 0) is 4.74 Å². The summed E-state index contributed by atoms with van der Waals surface area (Å²) >= 11 is 0. The van der Waals surface area contributed by atoms with Crippen LogP contribution < -0.4 is 0 Å². The third kappa shape index (κ3) is 3.20. The van der Waals surface area contributed by atoms with Gasteiger partial charge in [-0.25, -0.2) is 0 Å². The van der Waals surface area contributed by atoms with Gasteiger partial charge in [-0.05, 0) is 71.5 Å². The van der Waals surface area contributed by atoms with Gasteiger partial charge in [-0.15, -0.1) is 0 Å². The second kappa shape index (κ2) is 6.76. The minimum Gasteiger partial charge on any atom is -0.375 e. The number of nitrogens with zero attached hydrogens (tertiary/aromatic N) is 2. The van der Waals surface area contributed by atoms with E-state index in [1.54, 1.807) is 0 Å². The van der Waals surface area contributed by atoms with Gasteiger partial charge < -0.3 is 9.64 Å². The quantitative estimate of drug-likeness (QED) is 0.678. The molecule has 4 rings (SSSR count). The van der Waals surface area contributed by atoms with Crippen molar-refractivity contribution in [2.75, 3.05) is 33.8 Å². The number of ether oxygens (including phenoxy) is 1. The highest BCUT2D eigenvalue weighted by atomic mass is 16.5. The molecule has 0 unspecified atom stereocenters. The maximum absolute atomic E-state index is 5.63. The van der Waals surface area contributed by atoms with Gasteiger partial charge >= 0.3 is 0 Å². The maximum Gasteiger partial charge on any atom is 0.0730 e. The van der Waals surface area contributed by atoms with E-state index < -0.39 is 0 Å². The van der Waals surface area contributed by atoms with Crippen molar-refractivity contribution in [1.29, 1.82) is 0 Å². The van der Waals surface area contributed by atoms with Crippen molar-refractivity contribution in [3.63, 3.8) is 0 Å². The minimum absolute atomic E-state index is 0.568. The molecule has 0 spiro atoms. The van der Waals surface area contributed by atoms with Crippen LogP contribution in [0.25, 0.3) is 0 Å². The molecule has 0 radical (unpaired) electrons. The van der Waals surface area contributed by atoms with E-state index in [2.05, 4.69) is 23.9 Å². The topological polar surface area (TPSA) is 15.7 Å². The van der Waals surface area contributed by atoms with E-state index >= 15 is 0 Å². The summed E-state index contributed by atoms with van der Waals surface area (Å²) in [5.74, 6) is 1.07. The summed E-state index contributed by atoms with van der Waals surface area (Å²) in [5.41, 5.74) is 0. The zero-order valence-corrected chi connectivity index (χ0v) is 13.4. The molecule has 2 heterocycles. The second-order valence-corrected chi connectivity index (χ2v) is 7.27. The SMILES string of the molecule is CN1CCC[C@@H]2CCC[C@H]21.CN1CCO[C@H]2CCC[C@@H]21. The molecule has 116 valence electrons. The molecule has 4 atom stereocenters. The fourth-order valence-corrected chi connectivity index (χ4v) is 4.82. The molecule has 3 heteroatoms. The number of likely N-dealkylation sites (N-methyl/N-ethyl adjacent to an activating group) is 1. The monoisotopic (exact) mass is 280 g/mol. The molecule has 0 amide bonds. The Morgan fingerprint density at radius 3 is 2.25 bits per heavy atom. The van der Waals surface area contributed by atoms with Gasteiger partial charge in [0.25, 0.3) is 0 Å². The Labute approximate surface area is 124 Å². The summed E-state index contributed by atoms with van der Waals surface area (Å²) in [6, 6.07) is 1.71. The van der Waals surface area contributed by atoms with Crippen molar-refractivity contribution >= 4 is 0 Å². The van der Waals surface area contributed by atoms with E-state index in [-0.39, 0.29) is 0 Å². The molecular formula is C17H32N2O. The molecule has 2 saturated carbocycles. The average Bonchev–Trinajstić information content (AvgIpc) is 3.08. The van der Waals surface area contributed by atoms with Crippen molar-refractivity contribution in [2.45, 2.75) is 69.6 Å². The van der Waals surface area contributed by atoms with Gasteiger partial charge in [-0.3, -0.25) is 4.90 Å². The van der Waals surface area contributed by atoms with Crippen LogP contribution in [0, 0.1) is 5.92 Å². The third-order valence-electron chi connectivity index (χ3n) is 6.03. The highest BCUT2D eigenvalue weighted by Gasteiger charge is 2.34. The summed E-state index contributed by atoms with van der Waals surface area (Å²) in [6.07, 6.45) is 12.0. The van der Waals surface area contributed by atoms with E-state index in [0.717, 1.165) is 31.2 Å². The normalized spacial score (nSPS) is 41.7. The van der Waals surface area contributed by atoms with E-state index in [0.29, 0.717) is 6.10 Å². The van der Waals surface area contributed by atoms with Crippen LogP contribution in [0.1, 0.15) is 51.4 Å². The lowest BCUT2D eigenvalue weighted by atomic mass is 9.93. The Hall–Kier alpha value is -0.120. The Morgan fingerprint density at radius 1 is 0.750 bits per heavy atom. The van der Waals surface area contributed by atoms with Crippen LogP contribution in [0.15, 0.2) is 0 Å². The smallest absolute Gasteiger partial charge is 0.0730 e. The number of morpholine rings is 1. The number of hydrogen-bond donors (Lipinski definition) is 0. The van der Waals surface area contributed by atoms with Crippen LogP contribution in [0.3, 0.4) is 0 Å². The molecule has 0 bridgehead atoms. The standard InChI is InChI=1S/C9H17N.C8H15NO/c1-10-7-3-5-8-4-2-6-9(8)10;1-9-5-6-10-8-4-2-3-7(8)9/h8-9H,2-7H2,1H3;7-8H,2-6H2,1H3/t8-,9+;7-,8-/m00/s1. The molecule has 2 saturated heterocycles. The zero-order chi connectivity index (χ0) is 13.9. The van der Waals surface area contributed by atoms with E-state index in [1.807, 2.05) is 0 Å². The predicted octanol–water partition coefficient (Wildman–Crippen LogP) is 2.75. The fraction of sp³-hybridized carbons (Fsp3) is 1.00. The highest BCUT2D eigenvalue weighted by molar-refractivity contribution is 4.88. The first-order valence-corrected chi connectivity index (χ1v) is 8.78. The van der Waals surface area contributed by atoms with E-state index in [4.69, 9.17) is 4.74 Å². The van der Waals surface area contributed by atoms with Gasteiger partial charge in [0.15, 0.2) is 0 Å². The van der Waals surface area contributed by atoms with Crippen LogP contribution in [0.4, 0.5) is 0 Å². The third-order valence-corrected chi connectivity index (χ3v) is 6.03. The van der Waals surface area contributed by atoms with Crippen LogP contribution in [0.2, 0.25) is 0 Å². The highest BCUT2D eigenvalue weighted by Crippen LogP contribution is 2.35. The molecule has 4 aliphatic rings. The molecule has 0 aromatic rings. The summed E-state index contributed by atoms with van der Waals surface area (Å²) in [6.45, 7) is 3.42. The van der Waals surface area contributed by atoms with E-state index in [9.17, 15) is 0 Å². The van der Waals surface area contributed by atoms with Gasteiger partial charge in [-0.1, -0.05) is 6.42 Å². The summed E-state index contributed by atoms with van der Waals surface area (Å²) in [4.78, 5) is 5.02. The van der Waals surface area contributed by atoms with Gasteiger partial charge in [-0.2, -0.15) is 0 Å². The zero-order valence-electron chi connectivity index (χ0n) is 13.4. The molecule has 0 aromatic carbocycles. The van der Waals surface area contributed by atoms with Gasteiger partial charge in [0, 0.05) is 18.6 Å². The number of piperidine rings is 1. The lowest BCUT2D eigenvalue weighted by Gasteiger charge is -2.34. The molecule has 4 fully saturated rings. The summed E-state index contributed by atoms with van der Waals surface area (Å²) in [7, 11) is 4.51. The van der Waals surface area contributed by atoms with Gasteiger partial charge in [0.05, 0.1) is 12.7 Å². The Balaban J connectivity index is 0.000000121.